The fraction of sp³-hybridized carbons (Fsp3) is 0.143. The minimum Gasteiger partial charge on any atom is -0.344 e. The van der Waals surface area contributed by atoms with Gasteiger partial charge in [-0.3, -0.25) is 0 Å². The van der Waals surface area contributed by atoms with Crippen molar-refractivity contribution >= 4 is 11.4 Å². The highest BCUT2D eigenvalue weighted by Crippen LogP contribution is 2.51. The summed E-state index contributed by atoms with van der Waals surface area (Å²) in [4.78, 5) is 2.46. The predicted octanol–water partition coefficient (Wildman–Crippen LogP) is 6.50. The first-order valence-corrected chi connectivity index (χ1v) is 10.5. The largest absolute Gasteiger partial charge is 0.344 e. The second kappa shape index (κ2) is 5.39. The smallest absolute Gasteiger partial charge is 0.0486 e. The lowest BCUT2D eigenvalue weighted by Gasteiger charge is -2.33. The molecule has 4 aromatic carbocycles. The molecule has 0 bridgehead atoms. The van der Waals surface area contributed by atoms with E-state index in [4.69, 9.17) is 0 Å². The van der Waals surface area contributed by atoms with Gasteiger partial charge in [-0.2, -0.15) is 0 Å². The van der Waals surface area contributed by atoms with Gasteiger partial charge in [0.25, 0.3) is 0 Å². The minimum absolute atomic E-state index is 1.02. The Balaban J connectivity index is 1.44. The SMILES string of the molecule is CN1c2ccc3c(c2Cc2ccc4c(c21)Cc1ccccc1-4)-c1ccccc1C3. The third kappa shape index (κ3) is 1.95. The number of anilines is 2. The van der Waals surface area contributed by atoms with Crippen LogP contribution in [0.1, 0.15) is 33.4 Å². The molecule has 0 fully saturated rings. The summed E-state index contributed by atoms with van der Waals surface area (Å²) in [6.45, 7) is 0. The van der Waals surface area contributed by atoms with Crippen LogP contribution >= 0.6 is 0 Å². The van der Waals surface area contributed by atoms with Gasteiger partial charge in [-0.15, -0.1) is 0 Å². The molecule has 3 aliphatic rings. The number of nitrogens with zero attached hydrogens (tertiary/aromatic N) is 1. The van der Waals surface area contributed by atoms with Crippen molar-refractivity contribution in [1.82, 2.24) is 0 Å². The Hall–Kier alpha value is -3.32. The van der Waals surface area contributed by atoms with Gasteiger partial charge >= 0.3 is 0 Å². The molecule has 1 nitrogen and oxygen atoms in total. The molecule has 0 N–H and O–H groups in total. The first-order valence-electron chi connectivity index (χ1n) is 10.5. The number of fused-ring (bicyclic) bond motifs is 10. The zero-order valence-corrected chi connectivity index (χ0v) is 16.5. The Bertz CT molecular complexity index is 1340. The highest BCUT2D eigenvalue weighted by Gasteiger charge is 2.32. The van der Waals surface area contributed by atoms with Gasteiger partial charge in [-0.1, -0.05) is 66.7 Å². The van der Waals surface area contributed by atoms with Gasteiger partial charge in [0.05, 0.1) is 0 Å². The zero-order chi connectivity index (χ0) is 19.1. The second-order valence-electron chi connectivity index (χ2n) is 8.60. The highest BCUT2D eigenvalue weighted by molar-refractivity contribution is 5.92. The van der Waals surface area contributed by atoms with Crippen molar-refractivity contribution in [3.63, 3.8) is 0 Å². The van der Waals surface area contributed by atoms with Crippen LogP contribution < -0.4 is 4.90 Å². The molecule has 4 aromatic rings. The van der Waals surface area contributed by atoms with Crippen LogP contribution in [0.2, 0.25) is 0 Å². The number of hydrogen-bond acceptors (Lipinski definition) is 1. The summed E-state index contributed by atoms with van der Waals surface area (Å²) in [6.07, 6.45) is 3.13. The first-order chi connectivity index (χ1) is 14.3. The average molecular weight is 371 g/mol. The molecule has 0 saturated heterocycles. The molecule has 1 heteroatoms. The Kier molecular flexibility index (Phi) is 2.90. The van der Waals surface area contributed by atoms with Crippen molar-refractivity contribution in [2.75, 3.05) is 11.9 Å². The van der Waals surface area contributed by atoms with Gasteiger partial charge in [-0.25, -0.2) is 0 Å². The Labute approximate surface area is 171 Å². The normalized spacial score (nSPS) is 14.6. The van der Waals surface area contributed by atoms with Crippen molar-refractivity contribution in [3.8, 4) is 22.3 Å². The van der Waals surface area contributed by atoms with Gasteiger partial charge in [0.1, 0.15) is 0 Å². The maximum absolute atomic E-state index is 2.46. The quantitative estimate of drug-likeness (QED) is 0.294. The van der Waals surface area contributed by atoms with Crippen LogP contribution in [0, 0.1) is 0 Å². The molecule has 0 unspecified atom stereocenters. The number of hydrogen-bond donors (Lipinski definition) is 0. The van der Waals surface area contributed by atoms with Crippen LogP contribution in [-0.2, 0) is 19.3 Å². The Morgan fingerprint density at radius 2 is 1.24 bits per heavy atom. The Morgan fingerprint density at radius 3 is 2.10 bits per heavy atom. The van der Waals surface area contributed by atoms with Crippen molar-refractivity contribution in [3.05, 3.63) is 106 Å². The van der Waals surface area contributed by atoms with Crippen molar-refractivity contribution in [2.45, 2.75) is 19.3 Å². The third-order valence-electron chi connectivity index (χ3n) is 7.15. The van der Waals surface area contributed by atoms with E-state index < -0.39 is 0 Å². The first kappa shape index (κ1) is 15.6. The molecule has 0 saturated carbocycles. The minimum atomic E-state index is 1.02. The van der Waals surface area contributed by atoms with E-state index in [1.165, 1.54) is 67.0 Å². The topological polar surface area (TPSA) is 3.24 Å². The molecule has 7 rings (SSSR count). The van der Waals surface area contributed by atoms with E-state index in [2.05, 4.69) is 84.7 Å². The predicted molar refractivity (Wildman–Crippen MR) is 120 cm³/mol. The Morgan fingerprint density at radius 1 is 0.552 bits per heavy atom. The summed E-state index contributed by atoms with van der Waals surface area (Å²) >= 11 is 0. The van der Waals surface area contributed by atoms with Gasteiger partial charge in [0.2, 0.25) is 0 Å². The van der Waals surface area contributed by atoms with Crippen LogP contribution in [0.3, 0.4) is 0 Å². The van der Waals surface area contributed by atoms with E-state index in [-0.39, 0.29) is 0 Å². The lowest BCUT2D eigenvalue weighted by Crippen LogP contribution is -2.21. The summed E-state index contributed by atoms with van der Waals surface area (Å²) < 4.78 is 0. The van der Waals surface area contributed by atoms with Crippen molar-refractivity contribution < 1.29 is 0 Å². The zero-order valence-electron chi connectivity index (χ0n) is 16.5. The molecular weight excluding hydrogens is 350 g/mol. The van der Waals surface area contributed by atoms with Crippen LogP contribution in [0.15, 0.2) is 72.8 Å². The fourth-order valence-electron chi connectivity index (χ4n) is 5.90. The molecule has 0 radical (unpaired) electrons. The maximum Gasteiger partial charge on any atom is 0.0486 e. The molecule has 0 amide bonds. The number of rotatable bonds is 0. The molecular formula is C28H21N. The van der Waals surface area contributed by atoms with Gasteiger partial charge in [0, 0.05) is 31.3 Å². The lowest BCUT2D eigenvalue weighted by atomic mass is 9.86. The molecule has 0 aromatic heterocycles. The highest BCUT2D eigenvalue weighted by atomic mass is 15.1. The molecule has 2 aliphatic carbocycles. The second-order valence-corrected chi connectivity index (χ2v) is 8.60. The van der Waals surface area contributed by atoms with E-state index >= 15 is 0 Å². The molecule has 1 heterocycles. The summed E-state index contributed by atoms with van der Waals surface area (Å²) in [6, 6.07) is 27.2. The van der Waals surface area contributed by atoms with Crippen LogP contribution in [0.25, 0.3) is 22.3 Å². The third-order valence-corrected chi connectivity index (χ3v) is 7.15. The average Bonchev–Trinajstić information content (AvgIpc) is 3.32. The van der Waals surface area contributed by atoms with Gasteiger partial charge < -0.3 is 4.90 Å². The fourth-order valence-corrected chi connectivity index (χ4v) is 5.90. The molecule has 1 aliphatic heterocycles. The monoisotopic (exact) mass is 371 g/mol. The van der Waals surface area contributed by atoms with Crippen molar-refractivity contribution in [2.24, 2.45) is 0 Å². The van der Waals surface area contributed by atoms with E-state index in [0.717, 1.165) is 19.3 Å². The van der Waals surface area contributed by atoms with E-state index in [1.807, 2.05) is 0 Å². The standard InChI is InChI=1S/C28H21N/c1-29-26-13-11-19-14-17-6-3-5-9-22(17)27(19)25(26)16-20-10-12-23-21-8-4-2-7-18(21)15-24(23)28(20)29/h2-13H,14-16H2,1H3. The van der Waals surface area contributed by atoms with E-state index in [9.17, 15) is 0 Å². The van der Waals surface area contributed by atoms with Gasteiger partial charge in [0.15, 0.2) is 0 Å². The number of benzene rings is 4. The summed E-state index contributed by atoms with van der Waals surface area (Å²) in [5.41, 5.74) is 17.4. The van der Waals surface area contributed by atoms with Crippen LogP contribution in [-0.4, -0.2) is 7.05 Å². The summed E-state index contributed by atoms with van der Waals surface area (Å²) in [7, 11) is 2.26. The molecule has 0 spiro atoms. The van der Waals surface area contributed by atoms with Crippen LogP contribution in [0.4, 0.5) is 11.4 Å². The van der Waals surface area contributed by atoms with E-state index in [0.29, 0.717) is 0 Å². The summed E-state index contributed by atoms with van der Waals surface area (Å²) in [5, 5.41) is 0. The molecule has 0 atom stereocenters. The van der Waals surface area contributed by atoms with Crippen LogP contribution in [0.5, 0.6) is 0 Å². The molecule has 29 heavy (non-hydrogen) atoms. The summed E-state index contributed by atoms with van der Waals surface area (Å²) in [5.74, 6) is 0. The molecule has 138 valence electrons. The van der Waals surface area contributed by atoms with E-state index in [1.54, 1.807) is 0 Å². The lowest BCUT2D eigenvalue weighted by molar-refractivity contribution is 1.03. The maximum atomic E-state index is 2.46. The van der Waals surface area contributed by atoms with Crippen molar-refractivity contribution in [1.29, 1.82) is 0 Å². The van der Waals surface area contributed by atoms with Gasteiger partial charge in [-0.05, 0) is 68.1 Å².